The van der Waals surface area contributed by atoms with Crippen LogP contribution >= 0.6 is 0 Å². The van der Waals surface area contributed by atoms with E-state index in [9.17, 15) is 15.2 Å². The van der Waals surface area contributed by atoms with Gasteiger partial charge in [0.15, 0.2) is 0 Å². The quantitative estimate of drug-likeness (QED) is 0.538. The standard InChI is InChI=1S/C7H14N2O4/c1-4-7(2,3)9(13)5(6(10)11)8(4)12/h4-5,12-13H,1-3H3,(H,10,11)/t4-,5-/m1/s1. The number of nitrogens with zero attached hydrogens (tertiary/aromatic N) is 2. The summed E-state index contributed by atoms with van der Waals surface area (Å²) in [6.45, 7) is 4.96. The summed E-state index contributed by atoms with van der Waals surface area (Å²) < 4.78 is 0. The molecule has 1 aliphatic rings. The second kappa shape index (κ2) is 2.91. The summed E-state index contributed by atoms with van der Waals surface area (Å²) in [6, 6.07) is -0.446. The fraction of sp³-hybridized carbons (Fsp3) is 0.857. The van der Waals surface area contributed by atoms with Crippen molar-refractivity contribution < 1.29 is 20.3 Å². The Kier molecular flexibility index (Phi) is 2.33. The van der Waals surface area contributed by atoms with E-state index in [0.717, 1.165) is 0 Å². The average molecular weight is 190 g/mol. The first-order valence-corrected chi connectivity index (χ1v) is 3.98. The zero-order chi connectivity index (χ0) is 10.4. The van der Waals surface area contributed by atoms with Crippen LogP contribution < -0.4 is 0 Å². The van der Waals surface area contributed by atoms with Gasteiger partial charge in [-0.1, -0.05) is 0 Å². The van der Waals surface area contributed by atoms with E-state index in [0.29, 0.717) is 10.1 Å². The molecule has 1 aliphatic heterocycles. The number of rotatable bonds is 1. The third-order valence-corrected chi connectivity index (χ3v) is 2.71. The lowest BCUT2D eigenvalue weighted by atomic mass is 9.98. The third kappa shape index (κ3) is 1.31. The van der Waals surface area contributed by atoms with Crippen LogP contribution in [0.15, 0.2) is 0 Å². The second-order valence-corrected chi connectivity index (χ2v) is 3.77. The molecule has 2 atom stereocenters. The average Bonchev–Trinajstić information content (AvgIpc) is 2.14. The SMILES string of the molecule is C[C@H]1N(O)[C@@H](C(=O)O)N(O)C1(C)C. The maximum Gasteiger partial charge on any atom is 0.340 e. The van der Waals surface area contributed by atoms with Gasteiger partial charge >= 0.3 is 5.97 Å². The van der Waals surface area contributed by atoms with Gasteiger partial charge in [0.05, 0.1) is 11.6 Å². The zero-order valence-electron chi connectivity index (χ0n) is 7.80. The summed E-state index contributed by atoms with van der Waals surface area (Å²) in [5.41, 5.74) is -0.780. The molecule has 0 unspecified atom stereocenters. The molecule has 0 aromatic heterocycles. The normalized spacial score (nSPS) is 35.2. The first-order valence-electron chi connectivity index (χ1n) is 3.98. The van der Waals surface area contributed by atoms with Crippen LogP contribution in [0.25, 0.3) is 0 Å². The summed E-state index contributed by atoms with van der Waals surface area (Å²) in [5.74, 6) is -1.28. The van der Waals surface area contributed by atoms with Gasteiger partial charge in [-0.2, -0.15) is 10.1 Å². The minimum Gasteiger partial charge on any atom is -0.479 e. The van der Waals surface area contributed by atoms with Crippen LogP contribution in [0, 0.1) is 0 Å². The van der Waals surface area contributed by atoms with Crippen molar-refractivity contribution in [2.24, 2.45) is 0 Å². The second-order valence-electron chi connectivity index (χ2n) is 3.77. The van der Waals surface area contributed by atoms with E-state index in [1.807, 2.05) is 0 Å². The number of hydrogen-bond donors (Lipinski definition) is 3. The van der Waals surface area contributed by atoms with Crippen LogP contribution in [0.3, 0.4) is 0 Å². The van der Waals surface area contributed by atoms with Crippen LogP contribution in [0.4, 0.5) is 0 Å². The van der Waals surface area contributed by atoms with Crippen LogP contribution in [0.1, 0.15) is 20.8 Å². The Balaban J connectivity index is 2.98. The minimum absolute atomic E-state index is 0.446. The maximum atomic E-state index is 10.7. The molecule has 0 amide bonds. The van der Waals surface area contributed by atoms with Gasteiger partial charge in [-0.15, -0.1) is 0 Å². The molecule has 0 aromatic rings. The van der Waals surface area contributed by atoms with Crippen molar-refractivity contribution in [2.75, 3.05) is 0 Å². The molecule has 1 fully saturated rings. The van der Waals surface area contributed by atoms with Gasteiger partial charge in [-0.05, 0) is 20.8 Å². The summed E-state index contributed by atoms with van der Waals surface area (Å²) in [6.07, 6.45) is -1.38. The van der Waals surface area contributed by atoms with Crippen LogP contribution in [0.2, 0.25) is 0 Å². The predicted molar refractivity (Wildman–Crippen MR) is 42.2 cm³/mol. The van der Waals surface area contributed by atoms with Gasteiger partial charge in [0.1, 0.15) is 0 Å². The van der Waals surface area contributed by atoms with Crippen molar-refractivity contribution >= 4 is 5.97 Å². The number of carboxylic acid groups (broad SMARTS) is 1. The van der Waals surface area contributed by atoms with E-state index in [1.54, 1.807) is 20.8 Å². The van der Waals surface area contributed by atoms with Crippen molar-refractivity contribution in [3.63, 3.8) is 0 Å². The molecule has 0 aliphatic carbocycles. The summed E-state index contributed by atoms with van der Waals surface area (Å²) in [5, 5.41) is 28.9. The molecule has 1 saturated heterocycles. The lowest BCUT2D eigenvalue weighted by molar-refractivity contribution is -0.223. The molecule has 76 valence electrons. The van der Waals surface area contributed by atoms with Gasteiger partial charge in [0, 0.05) is 0 Å². The first kappa shape index (κ1) is 10.4. The maximum absolute atomic E-state index is 10.7. The topological polar surface area (TPSA) is 84.2 Å². The molecule has 1 heterocycles. The minimum atomic E-state index is -1.38. The monoisotopic (exact) mass is 190 g/mol. The zero-order valence-corrected chi connectivity index (χ0v) is 7.80. The van der Waals surface area contributed by atoms with E-state index in [2.05, 4.69) is 0 Å². The molecule has 6 heteroatoms. The highest BCUT2D eigenvalue weighted by Crippen LogP contribution is 2.32. The highest BCUT2D eigenvalue weighted by atomic mass is 16.6. The predicted octanol–water partition coefficient (Wildman–Crippen LogP) is -0.0398. The molecule has 6 nitrogen and oxygen atoms in total. The van der Waals surface area contributed by atoms with Crippen molar-refractivity contribution in [1.29, 1.82) is 0 Å². The molecule has 0 saturated carbocycles. The summed E-state index contributed by atoms with van der Waals surface area (Å²) in [4.78, 5) is 10.7. The fourth-order valence-electron chi connectivity index (χ4n) is 1.37. The molecule has 3 N–H and O–H groups in total. The largest absolute Gasteiger partial charge is 0.479 e. The molecule has 0 spiro atoms. The van der Waals surface area contributed by atoms with E-state index >= 15 is 0 Å². The van der Waals surface area contributed by atoms with E-state index in [1.165, 1.54) is 0 Å². The number of hydrogen-bond acceptors (Lipinski definition) is 5. The van der Waals surface area contributed by atoms with E-state index in [-0.39, 0.29) is 0 Å². The highest BCUT2D eigenvalue weighted by molar-refractivity contribution is 5.73. The summed E-state index contributed by atoms with van der Waals surface area (Å²) in [7, 11) is 0. The Morgan fingerprint density at radius 3 is 2.00 bits per heavy atom. The molecule has 1 rings (SSSR count). The number of carbonyl (C=O) groups is 1. The number of aliphatic carboxylic acids is 1. The van der Waals surface area contributed by atoms with Crippen molar-refractivity contribution in [2.45, 2.75) is 38.5 Å². The summed E-state index contributed by atoms with van der Waals surface area (Å²) >= 11 is 0. The first-order chi connectivity index (χ1) is 5.80. The Hall–Kier alpha value is -0.690. The number of carboxylic acids is 1. The van der Waals surface area contributed by atoms with Gasteiger partial charge in [0.2, 0.25) is 6.17 Å². The Labute approximate surface area is 75.9 Å². The lowest BCUT2D eigenvalue weighted by Crippen LogP contribution is -2.46. The molecular weight excluding hydrogens is 176 g/mol. The van der Waals surface area contributed by atoms with Crippen molar-refractivity contribution in [3.8, 4) is 0 Å². The fourth-order valence-corrected chi connectivity index (χ4v) is 1.37. The van der Waals surface area contributed by atoms with Crippen LogP contribution in [-0.4, -0.2) is 49.4 Å². The van der Waals surface area contributed by atoms with Gasteiger partial charge in [-0.3, -0.25) is 0 Å². The smallest absolute Gasteiger partial charge is 0.340 e. The van der Waals surface area contributed by atoms with Crippen LogP contribution in [-0.2, 0) is 4.79 Å². The van der Waals surface area contributed by atoms with E-state index in [4.69, 9.17) is 5.11 Å². The third-order valence-electron chi connectivity index (χ3n) is 2.71. The molecule has 0 radical (unpaired) electrons. The van der Waals surface area contributed by atoms with Crippen molar-refractivity contribution in [1.82, 2.24) is 10.1 Å². The highest BCUT2D eigenvalue weighted by Gasteiger charge is 2.53. The Morgan fingerprint density at radius 1 is 1.38 bits per heavy atom. The molecule has 13 heavy (non-hydrogen) atoms. The Morgan fingerprint density at radius 2 is 1.85 bits per heavy atom. The van der Waals surface area contributed by atoms with Gasteiger partial charge in [0.25, 0.3) is 0 Å². The van der Waals surface area contributed by atoms with Gasteiger partial charge < -0.3 is 15.5 Å². The molecule has 0 bridgehead atoms. The number of hydroxylamine groups is 4. The molecular formula is C7H14N2O4. The van der Waals surface area contributed by atoms with E-state index < -0.39 is 23.7 Å². The lowest BCUT2D eigenvalue weighted by Gasteiger charge is -2.28. The Bertz CT molecular complexity index is 231. The van der Waals surface area contributed by atoms with Crippen molar-refractivity contribution in [3.05, 3.63) is 0 Å². The molecule has 0 aromatic carbocycles. The van der Waals surface area contributed by atoms with Gasteiger partial charge in [-0.25, -0.2) is 4.79 Å². The van der Waals surface area contributed by atoms with Crippen LogP contribution in [0.5, 0.6) is 0 Å².